The van der Waals surface area contributed by atoms with Crippen molar-refractivity contribution in [1.29, 1.82) is 0 Å². The lowest BCUT2D eigenvalue weighted by Crippen LogP contribution is -2.34. The third kappa shape index (κ3) is 4.18. The quantitative estimate of drug-likeness (QED) is 0.512. The van der Waals surface area contributed by atoms with Gasteiger partial charge in [0.15, 0.2) is 0 Å². The van der Waals surface area contributed by atoms with Crippen LogP contribution in [-0.4, -0.2) is 19.9 Å². The van der Waals surface area contributed by atoms with Crippen LogP contribution in [0.5, 0.6) is 0 Å². The molecule has 2 atom stereocenters. The minimum atomic E-state index is -0.766. The van der Waals surface area contributed by atoms with Crippen LogP contribution in [0.2, 0.25) is 0 Å². The molecule has 0 spiro atoms. The van der Waals surface area contributed by atoms with Gasteiger partial charge in [-0.1, -0.05) is 53.7 Å². The van der Waals surface area contributed by atoms with E-state index in [9.17, 15) is 0 Å². The molecule has 3 rings (SSSR count). The lowest BCUT2D eigenvalue weighted by molar-refractivity contribution is 0.518. The van der Waals surface area contributed by atoms with Gasteiger partial charge in [-0.15, -0.1) is 18.5 Å². The Morgan fingerprint density at radius 1 is 0.700 bits per heavy atom. The maximum Gasteiger partial charge on any atom is 0.150 e. The van der Waals surface area contributed by atoms with Crippen LogP contribution in [0.1, 0.15) is 75.4 Å². The molecule has 158 valence electrons. The van der Waals surface area contributed by atoms with Crippen LogP contribution in [0.4, 0.5) is 0 Å². The second kappa shape index (κ2) is 8.40. The highest BCUT2D eigenvalue weighted by Crippen LogP contribution is 2.50. The van der Waals surface area contributed by atoms with Gasteiger partial charge in [-0.25, -0.2) is 19.9 Å². The minimum absolute atomic E-state index is 0.0164. The Morgan fingerprint density at radius 2 is 1.17 bits per heavy atom. The van der Waals surface area contributed by atoms with Crippen molar-refractivity contribution in [1.82, 2.24) is 19.9 Å². The van der Waals surface area contributed by atoms with E-state index in [4.69, 9.17) is 0 Å². The van der Waals surface area contributed by atoms with E-state index in [0.29, 0.717) is 11.6 Å². The van der Waals surface area contributed by atoms with Gasteiger partial charge in [0, 0.05) is 24.8 Å². The fourth-order valence-corrected chi connectivity index (χ4v) is 4.97. The molecule has 30 heavy (non-hydrogen) atoms. The van der Waals surface area contributed by atoms with Crippen molar-refractivity contribution in [3.8, 4) is 0 Å². The Hall–Kier alpha value is -1.76. The molecule has 0 saturated carbocycles. The van der Waals surface area contributed by atoms with Gasteiger partial charge in [0.25, 0.3) is 0 Å². The summed E-state index contributed by atoms with van der Waals surface area (Å²) in [5.41, 5.74) is 4.93. The molecule has 0 bridgehead atoms. The molecular formula is C24H32N4P2. The number of rotatable bonds is 4. The fraction of sp³-hybridized carbons (Fsp3) is 0.417. The zero-order valence-electron chi connectivity index (χ0n) is 18.8. The van der Waals surface area contributed by atoms with Gasteiger partial charge in [-0.05, 0) is 51.4 Å². The van der Waals surface area contributed by atoms with E-state index in [1.165, 1.54) is 22.3 Å². The number of hydrogen-bond donors (Lipinski definition) is 0. The van der Waals surface area contributed by atoms with Gasteiger partial charge in [-0.2, -0.15) is 0 Å². The van der Waals surface area contributed by atoms with Gasteiger partial charge < -0.3 is 0 Å². The molecule has 0 amide bonds. The van der Waals surface area contributed by atoms with Crippen LogP contribution in [-0.2, 0) is 22.1 Å². The lowest BCUT2D eigenvalue weighted by atomic mass is 9.69. The lowest BCUT2D eigenvalue weighted by Gasteiger charge is -2.39. The Morgan fingerprint density at radius 3 is 1.53 bits per heavy atom. The Labute approximate surface area is 185 Å². The molecular weight excluding hydrogens is 406 g/mol. The van der Waals surface area contributed by atoms with Crippen molar-refractivity contribution in [3.05, 3.63) is 83.0 Å². The molecule has 2 heterocycles. The molecule has 0 N–H and O–H groups in total. The molecule has 2 unspecified atom stereocenters. The molecule has 4 nitrogen and oxygen atoms in total. The standard InChI is InChI=1S/C24H32N4P2/c1-22(2,3)17-10-9-16(15-29)18(19(17)23(4,5)6)24(30,20-25-11-7-12-26-20)21-27-13-8-14-28-21/h7-14H,15,29-30H2,1-6H3. The van der Waals surface area contributed by atoms with Crippen LogP contribution < -0.4 is 0 Å². The first-order valence-electron chi connectivity index (χ1n) is 10.2. The first-order valence-corrected chi connectivity index (χ1v) is 11.6. The van der Waals surface area contributed by atoms with E-state index in [-0.39, 0.29) is 10.8 Å². The molecule has 1 aromatic carbocycles. The molecule has 0 aliphatic carbocycles. The zero-order chi connectivity index (χ0) is 22.2. The van der Waals surface area contributed by atoms with Crippen molar-refractivity contribution in [2.24, 2.45) is 0 Å². The summed E-state index contributed by atoms with van der Waals surface area (Å²) in [7, 11) is 5.90. The van der Waals surface area contributed by atoms with E-state index in [1.54, 1.807) is 24.8 Å². The second-order valence-corrected chi connectivity index (χ2v) is 11.0. The summed E-state index contributed by atoms with van der Waals surface area (Å²) in [5.74, 6) is 1.36. The van der Waals surface area contributed by atoms with Gasteiger partial charge in [0.05, 0.1) is 0 Å². The van der Waals surface area contributed by atoms with Crippen LogP contribution >= 0.6 is 18.5 Å². The average Bonchev–Trinajstić information content (AvgIpc) is 2.72. The fourth-order valence-electron chi connectivity index (χ4n) is 4.00. The Balaban J connectivity index is 2.54. The van der Waals surface area contributed by atoms with Crippen molar-refractivity contribution in [2.75, 3.05) is 0 Å². The number of nitrogens with zero attached hydrogens (tertiary/aromatic N) is 4. The van der Waals surface area contributed by atoms with Gasteiger partial charge in [-0.3, -0.25) is 0 Å². The average molecular weight is 438 g/mol. The van der Waals surface area contributed by atoms with E-state index in [2.05, 4.69) is 92.1 Å². The smallest absolute Gasteiger partial charge is 0.150 e. The molecule has 0 saturated heterocycles. The molecule has 6 heteroatoms. The molecule has 0 aliphatic heterocycles. The number of benzene rings is 1. The van der Waals surface area contributed by atoms with Crippen LogP contribution in [0.25, 0.3) is 0 Å². The van der Waals surface area contributed by atoms with Crippen molar-refractivity contribution in [3.63, 3.8) is 0 Å². The van der Waals surface area contributed by atoms with Crippen LogP contribution in [0, 0.1) is 0 Å². The van der Waals surface area contributed by atoms with Crippen LogP contribution in [0.3, 0.4) is 0 Å². The molecule has 0 radical (unpaired) electrons. The molecule has 0 aliphatic rings. The zero-order valence-corrected chi connectivity index (χ0v) is 21.1. The highest BCUT2D eigenvalue weighted by Gasteiger charge is 2.43. The summed E-state index contributed by atoms with van der Waals surface area (Å²) in [4.78, 5) is 18.7. The molecule has 0 fully saturated rings. The summed E-state index contributed by atoms with van der Waals surface area (Å²) in [6.07, 6.45) is 7.96. The topological polar surface area (TPSA) is 51.6 Å². The summed E-state index contributed by atoms with van der Waals surface area (Å²) in [6, 6.07) is 8.20. The number of aromatic nitrogens is 4. The largest absolute Gasteiger partial charge is 0.240 e. The summed E-state index contributed by atoms with van der Waals surface area (Å²) < 4.78 is 0. The van der Waals surface area contributed by atoms with Gasteiger partial charge in [0.2, 0.25) is 0 Å². The van der Waals surface area contributed by atoms with Gasteiger partial charge in [0.1, 0.15) is 16.8 Å². The first-order chi connectivity index (χ1) is 14.0. The molecule has 2 aromatic heterocycles. The van der Waals surface area contributed by atoms with E-state index in [1.807, 2.05) is 12.1 Å². The highest BCUT2D eigenvalue weighted by atomic mass is 31.0. The van der Waals surface area contributed by atoms with Gasteiger partial charge >= 0.3 is 0 Å². The summed E-state index contributed by atoms with van der Waals surface area (Å²) in [5, 5.41) is -0.766. The van der Waals surface area contributed by atoms with Crippen LogP contribution in [0.15, 0.2) is 49.1 Å². The maximum atomic E-state index is 4.68. The normalized spacial score (nSPS) is 12.8. The molecule has 3 aromatic rings. The predicted molar refractivity (Wildman–Crippen MR) is 131 cm³/mol. The summed E-state index contributed by atoms with van der Waals surface area (Å²) in [6.45, 7) is 13.6. The second-order valence-electron chi connectivity index (χ2n) is 9.68. The Bertz CT molecular complexity index is 968. The number of hydrogen-bond acceptors (Lipinski definition) is 4. The van der Waals surface area contributed by atoms with E-state index >= 15 is 0 Å². The van der Waals surface area contributed by atoms with E-state index in [0.717, 1.165) is 6.16 Å². The summed E-state index contributed by atoms with van der Waals surface area (Å²) >= 11 is 0. The monoisotopic (exact) mass is 438 g/mol. The van der Waals surface area contributed by atoms with E-state index < -0.39 is 5.16 Å². The van der Waals surface area contributed by atoms with Crippen molar-refractivity contribution < 1.29 is 0 Å². The SMILES string of the molecule is CC(C)(C)c1ccc(CP)c(C(P)(c2ncccn2)c2ncccn2)c1C(C)(C)C. The third-order valence-electron chi connectivity index (χ3n) is 5.30. The Kier molecular flexibility index (Phi) is 6.42. The highest BCUT2D eigenvalue weighted by molar-refractivity contribution is 7.19. The first kappa shape index (κ1) is 22.9. The minimum Gasteiger partial charge on any atom is -0.240 e. The van der Waals surface area contributed by atoms with Crippen molar-refractivity contribution >= 4 is 18.5 Å². The third-order valence-corrected chi connectivity index (χ3v) is 6.55. The maximum absolute atomic E-state index is 4.68. The van der Waals surface area contributed by atoms with Crippen molar-refractivity contribution in [2.45, 2.75) is 63.7 Å². The predicted octanol–water partition coefficient (Wildman–Crippen LogP) is 5.40.